The van der Waals surface area contributed by atoms with Crippen LogP contribution in [0.5, 0.6) is 0 Å². The Morgan fingerprint density at radius 2 is 1.73 bits per heavy atom. The lowest BCUT2D eigenvalue weighted by molar-refractivity contribution is -0.125. The van der Waals surface area contributed by atoms with Crippen LogP contribution in [0.1, 0.15) is 53.4 Å². The van der Waals surface area contributed by atoms with E-state index in [0.29, 0.717) is 11.5 Å². The van der Waals surface area contributed by atoms with E-state index in [9.17, 15) is 4.79 Å². The molecule has 1 aliphatic rings. The third-order valence-electron chi connectivity index (χ3n) is 3.21. The van der Waals surface area contributed by atoms with E-state index in [2.05, 4.69) is 19.2 Å². The second-order valence-corrected chi connectivity index (χ2v) is 5.60. The Morgan fingerprint density at radius 1 is 1.27 bits per heavy atom. The van der Waals surface area contributed by atoms with Gasteiger partial charge in [0.25, 0.3) is 0 Å². The SMILES string of the molecule is CC(C)C(=O)NC1CCC(C)(C)CC1.Cl. The highest BCUT2D eigenvalue weighted by molar-refractivity contribution is 5.85. The molecule has 0 radical (unpaired) electrons. The average Bonchev–Trinajstić information content (AvgIpc) is 2.08. The zero-order valence-corrected chi connectivity index (χ0v) is 11.1. The number of amides is 1. The van der Waals surface area contributed by atoms with E-state index in [-0.39, 0.29) is 24.2 Å². The van der Waals surface area contributed by atoms with Gasteiger partial charge in [0.05, 0.1) is 0 Å². The summed E-state index contributed by atoms with van der Waals surface area (Å²) < 4.78 is 0. The Labute approximate surface area is 99.6 Å². The summed E-state index contributed by atoms with van der Waals surface area (Å²) in [7, 11) is 0. The van der Waals surface area contributed by atoms with Gasteiger partial charge in [0.2, 0.25) is 5.91 Å². The molecule has 0 aromatic carbocycles. The highest BCUT2D eigenvalue weighted by Gasteiger charge is 2.27. The zero-order chi connectivity index (χ0) is 10.8. The van der Waals surface area contributed by atoms with Gasteiger partial charge in [-0.25, -0.2) is 0 Å². The van der Waals surface area contributed by atoms with Crippen molar-refractivity contribution in [1.29, 1.82) is 0 Å². The number of carbonyl (C=O) groups excluding carboxylic acids is 1. The maximum absolute atomic E-state index is 11.5. The zero-order valence-electron chi connectivity index (χ0n) is 10.3. The van der Waals surface area contributed by atoms with Gasteiger partial charge in [-0.05, 0) is 31.1 Å². The molecule has 1 aliphatic carbocycles. The molecule has 0 bridgehead atoms. The highest BCUT2D eigenvalue weighted by Crippen LogP contribution is 2.34. The smallest absolute Gasteiger partial charge is 0.222 e. The van der Waals surface area contributed by atoms with Crippen LogP contribution >= 0.6 is 12.4 Å². The first-order valence-electron chi connectivity index (χ1n) is 5.71. The van der Waals surface area contributed by atoms with Crippen LogP contribution in [0.15, 0.2) is 0 Å². The van der Waals surface area contributed by atoms with E-state index in [4.69, 9.17) is 0 Å². The molecule has 1 amide bonds. The molecule has 0 aromatic rings. The molecule has 90 valence electrons. The van der Waals surface area contributed by atoms with Gasteiger partial charge in [0.1, 0.15) is 0 Å². The molecule has 0 spiro atoms. The van der Waals surface area contributed by atoms with Gasteiger partial charge in [-0.2, -0.15) is 0 Å². The molecule has 1 fully saturated rings. The number of carbonyl (C=O) groups is 1. The second-order valence-electron chi connectivity index (χ2n) is 5.60. The fourth-order valence-electron chi connectivity index (χ4n) is 1.91. The average molecular weight is 234 g/mol. The lowest BCUT2D eigenvalue weighted by Crippen LogP contribution is -2.41. The van der Waals surface area contributed by atoms with Crippen molar-refractivity contribution in [2.45, 2.75) is 59.4 Å². The molecular formula is C12H24ClNO. The van der Waals surface area contributed by atoms with Crippen molar-refractivity contribution in [3.63, 3.8) is 0 Å². The number of nitrogens with one attached hydrogen (secondary N) is 1. The monoisotopic (exact) mass is 233 g/mol. The Balaban J connectivity index is 0.00000196. The van der Waals surface area contributed by atoms with Gasteiger partial charge < -0.3 is 5.32 Å². The fraction of sp³-hybridized carbons (Fsp3) is 0.917. The van der Waals surface area contributed by atoms with Gasteiger partial charge in [-0.3, -0.25) is 4.79 Å². The predicted molar refractivity (Wildman–Crippen MR) is 66.3 cm³/mol. The van der Waals surface area contributed by atoms with Crippen LogP contribution in [0.2, 0.25) is 0 Å². The molecule has 0 heterocycles. The maximum Gasteiger partial charge on any atom is 0.222 e. The first-order chi connectivity index (χ1) is 6.41. The largest absolute Gasteiger partial charge is 0.353 e. The topological polar surface area (TPSA) is 29.1 Å². The minimum atomic E-state index is 0. The summed E-state index contributed by atoms with van der Waals surface area (Å²) in [4.78, 5) is 11.5. The number of hydrogen-bond acceptors (Lipinski definition) is 1. The van der Waals surface area contributed by atoms with Crippen molar-refractivity contribution in [3.8, 4) is 0 Å². The molecule has 1 N–H and O–H groups in total. The Kier molecular flexibility index (Phi) is 5.65. The lowest BCUT2D eigenvalue weighted by Gasteiger charge is -2.34. The minimum absolute atomic E-state index is 0. The van der Waals surface area contributed by atoms with Crippen molar-refractivity contribution in [1.82, 2.24) is 5.32 Å². The van der Waals surface area contributed by atoms with Crippen molar-refractivity contribution in [2.75, 3.05) is 0 Å². The highest BCUT2D eigenvalue weighted by atomic mass is 35.5. The molecule has 15 heavy (non-hydrogen) atoms. The third-order valence-corrected chi connectivity index (χ3v) is 3.21. The van der Waals surface area contributed by atoms with Crippen LogP contribution in [0.4, 0.5) is 0 Å². The number of halogens is 1. The molecule has 3 heteroatoms. The second kappa shape index (κ2) is 5.74. The van der Waals surface area contributed by atoms with Crippen LogP contribution in [0.25, 0.3) is 0 Å². The maximum atomic E-state index is 11.5. The van der Waals surface area contributed by atoms with E-state index in [1.807, 2.05) is 13.8 Å². The summed E-state index contributed by atoms with van der Waals surface area (Å²) in [6.07, 6.45) is 4.75. The predicted octanol–water partition coefficient (Wildman–Crippen LogP) is 3.15. The molecule has 1 saturated carbocycles. The number of rotatable bonds is 2. The Morgan fingerprint density at radius 3 is 2.13 bits per heavy atom. The summed E-state index contributed by atoms with van der Waals surface area (Å²) in [5.74, 6) is 0.319. The summed E-state index contributed by atoms with van der Waals surface area (Å²) >= 11 is 0. The van der Waals surface area contributed by atoms with Crippen LogP contribution in [0, 0.1) is 11.3 Å². The first kappa shape index (κ1) is 14.8. The van der Waals surface area contributed by atoms with Crippen LogP contribution in [-0.4, -0.2) is 11.9 Å². The summed E-state index contributed by atoms with van der Waals surface area (Å²) in [6, 6.07) is 0.429. The summed E-state index contributed by atoms with van der Waals surface area (Å²) in [5.41, 5.74) is 0.485. The van der Waals surface area contributed by atoms with E-state index < -0.39 is 0 Å². The molecule has 0 saturated heterocycles. The van der Waals surface area contributed by atoms with Gasteiger partial charge >= 0.3 is 0 Å². The van der Waals surface area contributed by atoms with Gasteiger partial charge in [-0.1, -0.05) is 27.7 Å². The molecule has 0 aliphatic heterocycles. The van der Waals surface area contributed by atoms with E-state index in [1.165, 1.54) is 12.8 Å². The summed E-state index contributed by atoms with van der Waals surface area (Å²) in [6.45, 7) is 8.52. The Bertz CT molecular complexity index is 204. The quantitative estimate of drug-likeness (QED) is 0.780. The Hall–Kier alpha value is -0.240. The van der Waals surface area contributed by atoms with Gasteiger partial charge in [-0.15, -0.1) is 12.4 Å². The molecule has 0 aromatic heterocycles. The number of hydrogen-bond donors (Lipinski definition) is 1. The summed E-state index contributed by atoms with van der Waals surface area (Å²) in [5, 5.41) is 3.12. The molecule has 1 rings (SSSR count). The first-order valence-corrected chi connectivity index (χ1v) is 5.71. The van der Waals surface area contributed by atoms with Crippen molar-refractivity contribution in [2.24, 2.45) is 11.3 Å². The lowest BCUT2D eigenvalue weighted by atomic mass is 9.75. The standard InChI is InChI=1S/C12H23NO.ClH/c1-9(2)11(14)13-10-5-7-12(3,4)8-6-10;/h9-10H,5-8H2,1-4H3,(H,13,14);1H. The van der Waals surface area contributed by atoms with Gasteiger partial charge in [0.15, 0.2) is 0 Å². The van der Waals surface area contributed by atoms with E-state index >= 15 is 0 Å². The molecule has 0 unspecified atom stereocenters. The fourth-order valence-corrected chi connectivity index (χ4v) is 1.91. The van der Waals surface area contributed by atoms with Crippen molar-refractivity contribution in [3.05, 3.63) is 0 Å². The van der Waals surface area contributed by atoms with Crippen LogP contribution < -0.4 is 5.32 Å². The van der Waals surface area contributed by atoms with Gasteiger partial charge in [0, 0.05) is 12.0 Å². The van der Waals surface area contributed by atoms with Crippen LogP contribution in [0.3, 0.4) is 0 Å². The van der Waals surface area contributed by atoms with Crippen molar-refractivity contribution >= 4 is 18.3 Å². The van der Waals surface area contributed by atoms with Crippen LogP contribution in [-0.2, 0) is 4.79 Å². The minimum Gasteiger partial charge on any atom is -0.353 e. The van der Waals surface area contributed by atoms with E-state index in [0.717, 1.165) is 12.8 Å². The third kappa shape index (κ3) is 4.87. The van der Waals surface area contributed by atoms with Crippen molar-refractivity contribution < 1.29 is 4.79 Å². The molecule has 2 nitrogen and oxygen atoms in total. The molecular weight excluding hydrogens is 210 g/mol. The normalized spacial score (nSPS) is 20.9. The van der Waals surface area contributed by atoms with E-state index in [1.54, 1.807) is 0 Å². The molecule has 0 atom stereocenters.